The first kappa shape index (κ1) is 13.1. The van der Waals surface area contributed by atoms with Crippen LogP contribution in [0.2, 0.25) is 0 Å². The number of hydrogen-bond acceptors (Lipinski definition) is 1. The largest absolute Gasteiger partial charge is 0.151 e. The van der Waals surface area contributed by atoms with Gasteiger partial charge in [-0.2, -0.15) is 11.8 Å². The van der Waals surface area contributed by atoms with Crippen molar-refractivity contribution in [3.05, 3.63) is 12.2 Å². The van der Waals surface area contributed by atoms with Gasteiger partial charge in [-0.15, -0.1) is 0 Å². The Kier molecular flexibility index (Phi) is 6.58. The molecule has 1 heteroatoms. The van der Waals surface area contributed by atoms with E-state index in [1.165, 1.54) is 18.4 Å². The van der Waals surface area contributed by atoms with Crippen molar-refractivity contribution in [1.82, 2.24) is 0 Å². The van der Waals surface area contributed by atoms with Crippen LogP contribution in [0.1, 0.15) is 47.5 Å². The maximum atomic E-state index is 4.08. The van der Waals surface area contributed by atoms with Gasteiger partial charge in [-0.3, -0.25) is 0 Å². The van der Waals surface area contributed by atoms with Crippen LogP contribution in [0.3, 0.4) is 0 Å². The summed E-state index contributed by atoms with van der Waals surface area (Å²) in [4.78, 5) is 0. The molecule has 0 saturated heterocycles. The Morgan fingerprint density at radius 3 is 2.15 bits per heavy atom. The van der Waals surface area contributed by atoms with Gasteiger partial charge in [-0.05, 0) is 24.5 Å². The van der Waals surface area contributed by atoms with Gasteiger partial charge in [-0.25, -0.2) is 0 Å². The van der Waals surface area contributed by atoms with Crippen LogP contribution in [0.5, 0.6) is 0 Å². The molecule has 0 aromatic heterocycles. The summed E-state index contributed by atoms with van der Waals surface area (Å²) in [6, 6.07) is 0. The van der Waals surface area contributed by atoms with E-state index in [-0.39, 0.29) is 0 Å². The van der Waals surface area contributed by atoms with Gasteiger partial charge in [0.25, 0.3) is 0 Å². The summed E-state index contributed by atoms with van der Waals surface area (Å²) in [6.45, 7) is 15.3. The van der Waals surface area contributed by atoms with E-state index in [4.69, 9.17) is 0 Å². The highest BCUT2D eigenvalue weighted by molar-refractivity contribution is 8.00. The summed E-state index contributed by atoms with van der Waals surface area (Å²) in [5.41, 5.74) is 1.33. The lowest BCUT2D eigenvalue weighted by atomic mass is 10.00. The fourth-order valence-electron chi connectivity index (χ4n) is 1.23. The first-order valence-electron chi connectivity index (χ1n) is 5.28. The molecule has 0 rings (SSSR count). The summed E-state index contributed by atoms with van der Waals surface area (Å²) in [7, 11) is 0. The molecule has 13 heavy (non-hydrogen) atoms. The van der Waals surface area contributed by atoms with E-state index in [1.807, 2.05) is 0 Å². The monoisotopic (exact) mass is 200 g/mol. The summed E-state index contributed by atoms with van der Waals surface area (Å²) in [6.07, 6.45) is 2.57. The Morgan fingerprint density at radius 2 is 1.85 bits per heavy atom. The number of hydrogen-bond donors (Lipinski definition) is 0. The second kappa shape index (κ2) is 6.53. The highest BCUT2D eigenvalue weighted by Crippen LogP contribution is 2.29. The molecule has 0 fully saturated rings. The maximum Gasteiger partial charge on any atom is 0.0256 e. The van der Waals surface area contributed by atoms with E-state index < -0.39 is 0 Å². The van der Waals surface area contributed by atoms with Gasteiger partial charge < -0.3 is 0 Å². The van der Waals surface area contributed by atoms with Gasteiger partial charge in [0, 0.05) is 5.25 Å². The third kappa shape index (κ3) is 6.20. The van der Waals surface area contributed by atoms with Crippen LogP contribution in [0.25, 0.3) is 0 Å². The molecule has 0 aliphatic rings. The molecule has 0 aliphatic carbocycles. The molecule has 0 aromatic rings. The highest BCUT2D eigenvalue weighted by atomic mass is 32.2. The minimum atomic E-state index is 0.662. The minimum Gasteiger partial charge on any atom is -0.151 e. The van der Waals surface area contributed by atoms with Crippen molar-refractivity contribution >= 4 is 11.8 Å². The SMILES string of the molecule is C=C(C)C(CC(C)CC)SC(C)C. The van der Waals surface area contributed by atoms with Crippen molar-refractivity contribution in [2.45, 2.75) is 58.0 Å². The van der Waals surface area contributed by atoms with E-state index in [1.54, 1.807) is 0 Å². The Balaban J connectivity index is 4.02. The van der Waals surface area contributed by atoms with Gasteiger partial charge in [0.05, 0.1) is 0 Å². The van der Waals surface area contributed by atoms with Crippen LogP contribution in [0.4, 0.5) is 0 Å². The van der Waals surface area contributed by atoms with Crippen molar-refractivity contribution in [2.24, 2.45) is 5.92 Å². The lowest BCUT2D eigenvalue weighted by Gasteiger charge is -2.21. The minimum absolute atomic E-state index is 0.662. The molecule has 0 spiro atoms. The van der Waals surface area contributed by atoms with Crippen LogP contribution < -0.4 is 0 Å². The predicted molar refractivity (Wildman–Crippen MR) is 65.4 cm³/mol. The summed E-state index contributed by atoms with van der Waals surface area (Å²) < 4.78 is 0. The van der Waals surface area contributed by atoms with Crippen molar-refractivity contribution in [1.29, 1.82) is 0 Å². The van der Waals surface area contributed by atoms with Crippen LogP contribution in [0.15, 0.2) is 12.2 Å². The van der Waals surface area contributed by atoms with Crippen molar-refractivity contribution in [3.63, 3.8) is 0 Å². The lowest BCUT2D eigenvalue weighted by molar-refractivity contribution is 0.521. The second-order valence-corrected chi connectivity index (χ2v) is 6.05. The summed E-state index contributed by atoms with van der Waals surface area (Å²) >= 11 is 2.05. The van der Waals surface area contributed by atoms with E-state index >= 15 is 0 Å². The molecular weight excluding hydrogens is 176 g/mol. The third-order valence-electron chi connectivity index (χ3n) is 2.30. The van der Waals surface area contributed by atoms with Crippen molar-refractivity contribution in [3.8, 4) is 0 Å². The lowest BCUT2D eigenvalue weighted by Crippen LogP contribution is -2.11. The number of thioether (sulfide) groups is 1. The standard InChI is InChI=1S/C12H24S/c1-7-11(6)8-12(9(2)3)13-10(4)5/h10-12H,2,7-8H2,1,3-6H3. The van der Waals surface area contributed by atoms with E-state index in [2.05, 4.69) is 53.0 Å². The van der Waals surface area contributed by atoms with Crippen LogP contribution in [0, 0.1) is 5.92 Å². The van der Waals surface area contributed by atoms with Gasteiger partial charge in [-0.1, -0.05) is 46.3 Å². The average molecular weight is 200 g/mol. The van der Waals surface area contributed by atoms with Crippen LogP contribution >= 0.6 is 11.8 Å². The third-order valence-corrected chi connectivity index (χ3v) is 3.77. The van der Waals surface area contributed by atoms with E-state index in [0.29, 0.717) is 10.5 Å². The van der Waals surface area contributed by atoms with E-state index in [0.717, 1.165) is 5.92 Å². The quantitative estimate of drug-likeness (QED) is 0.569. The molecule has 0 amide bonds. The van der Waals surface area contributed by atoms with Gasteiger partial charge >= 0.3 is 0 Å². The molecule has 0 aromatic carbocycles. The molecule has 0 saturated carbocycles. The Bertz CT molecular complexity index is 149. The highest BCUT2D eigenvalue weighted by Gasteiger charge is 2.14. The molecule has 0 aliphatic heterocycles. The molecule has 2 unspecified atom stereocenters. The van der Waals surface area contributed by atoms with Crippen LogP contribution in [-0.4, -0.2) is 10.5 Å². The molecule has 0 nitrogen and oxygen atoms in total. The molecule has 0 radical (unpaired) electrons. The maximum absolute atomic E-state index is 4.08. The van der Waals surface area contributed by atoms with Crippen molar-refractivity contribution < 1.29 is 0 Å². The number of rotatable bonds is 6. The Labute approximate surface area is 88.2 Å². The zero-order chi connectivity index (χ0) is 10.4. The Morgan fingerprint density at radius 1 is 1.31 bits per heavy atom. The normalized spacial score (nSPS) is 15.8. The summed E-state index contributed by atoms with van der Waals surface area (Å²) in [5, 5.41) is 1.38. The first-order chi connectivity index (χ1) is 5.97. The summed E-state index contributed by atoms with van der Waals surface area (Å²) in [5.74, 6) is 0.827. The average Bonchev–Trinajstić information content (AvgIpc) is 2.02. The fraction of sp³-hybridized carbons (Fsp3) is 0.833. The zero-order valence-electron chi connectivity index (χ0n) is 9.76. The molecular formula is C12H24S. The molecule has 2 atom stereocenters. The Hall–Kier alpha value is 0.0900. The van der Waals surface area contributed by atoms with Gasteiger partial charge in [0.15, 0.2) is 0 Å². The van der Waals surface area contributed by atoms with Crippen molar-refractivity contribution in [2.75, 3.05) is 0 Å². The second-order valence-electron chi connectivity index (χ2n) is 4.27. The van der Waals surface area contributed by atoms with Gasteiger partial charge in [0.2, 0.25) is 0 Å². The molecule has 78 valence electrons. The zero-order valence-corrected chi connectivity index (χ0v) is 10.6. The fourth-order valence-corrected chi connectivity index (χ4v) is 2.56. The van der Waals surface area contributed by atoms with Crippen LogP contribution in [-0.2, 0) is 0 Å². The van der Waals surface area contributed by atoms with E-state index in [9.17, 15) is 0 Å². The molecule has 0 heterocycles. The molecule has 0 N–H and O–H groups in total. The smallest absolute Gasteiger partial charge is 0.0256 e. The first-order valence-corrected chi connectivity index (χ1v) is 6.22. The topological polar surface area (TPSA) is 0 Å². The molecule has 0 bridgehead atoms. The predicted octanol–water partition coefficient (Wildman–Crippen LogP) is 4.51. The van der Waals surface area contributed by atoms with Gasteiger partial charge in [0.1, 0.15) is 0 Å².